The van der Waals surface area contributed by atoms with Crippen molar-refractivity contribution in [2.45, 2.75) is 0 Å². The third-order valence-electron chi connectivity index (χ3n) is 11.0. The molecule has 0 fully saturated rings. The fourth-order valence-electron chi connectivity index (χ4n) is 8.52. The Morgan fingerprint density at radius 1 is 0.226 bits per heavy atom. The second kappa shape index (κ2) is 11.8. The van der Waals surface area contributed by atoms with Gasteiger partial charge in [-0.1, -0.05) is 164 Å². The molecule has 1 heterocycles. The summed E-state index contributed by atoms with van der Waals surface area (Å²) >= 11 is 0. The molecule has 0 atom stereocenters. The molecule has 0 N–H and O–H groups in total. The van der Waals surface area contributed by atoms with E-state index in [0.717, 1.165) is 21.9 Å². The Morgan fingerprint density at radius 3 is 1.42 bits per heavy atom. The Kier molecular flexibility index (Phi) is 6.62. The summed E-state index contributed by atoms with van der Waals surface area (Å²) in [5.74, 6) is 0. The Morgan fingerprint density at radius 2 is 0.679 bits per heavy atom. The van der Waals surface area contributed by atoms with E-state index in [0.29, 0.717) is 0 Å². The summed E-state index contributed by atoms with van der Waals surface area (Å²) in [4.78, 5) is 0. The van der Waals surface area contributed by atoms with E-state index in [4.69, 9.17) is 4.42 Å². The quantitative estimate of drug-likeness (QED) is 0.134. The number of furan rings is 1. The Labute approximate surface area is 307 Å². The van der Waals surface area contributed by atoms with Gasteiger partial charge < -0.3 is 4.42 Å². The summed E-state index contributed by atoms with van der Waals surface area (Å²) < 4.78 is 6.10. The minimum atomic E-state index is 0.918. The lowest BCUT2D eigenvalue weighted by Gasteiger charge is -2.18. The Balaban J connectivity index is 1.05. The molecule has 11 rings (SSSR count). The van der Waals surface area contributed by atoms with E-state index in [1.165, 1.54) is 87.6 Å². The largest absolute Gasteiger partial charge is 0.456 e. The van der Waals surface area contributed by atoms with Crippen LogP contribution < -0.4 is 0 Å². The minimum absolute atomic E-state index is 0.918. The predicted molar refractivity (Wildman–Crippen MR) is 225 cm³/mol. The van der Waals surface area contributed by atoms with E-state index in [2.05, 4.69) is 182 Å². The molecule has 0 aliphatic carbocycles. The number of hydrogen-bond acceptors (Lipinski definition) is 1. The van der Waals surface area contributed by atoms with Gasteiger partial charge in [0.15, 0.2) is 0 Å². The summed E-state index contributed by atoms with van der Waals surface area (Å²) in [6, 6.07) is 70.7. The third-order valence-corrected chi connectivity index (χ3v) is 11.0. The van der Waals surface area contributed by atoms with E-state index < -0.39 is 0 Å². The summed E-state index contributed by atoms with van der Waals surface area (Å²) in [6.07, 6.45) is 0. The maximum atomic E-state index is 6.10. The van der Waals surface area contributed by atoms with Gasteiger partial charge in [-0.25, -0.2) is 0 Å². The molecule has 246 valence electrons. The van der Waals surface area contributed by atoms with Gasteiger partial charge in [0.2, 0.25) is 0 Å². The molecule has 0 aliphatic rings. The van der Waals surface area contributed by atoms with Crippen LogP contribution in [0.25, 0.3) is 110 Å². The summed E-state index contributed by atoms with van der Waals surface area (Å²) in [6.45, 7) is 0. The van der Waals surface area contributed by atoms with Crippen LogP contribution in [0, 0.1) is 0 Å². The molecule has 0 aliphatic heterocycles. The van der Waals surface area contributed by atoms with E-state index in [1.807, 2.05) is 12.1 Å². The molecule has 1 heteroatoms. The number of fused-ring (bicyclic) bond motifs is 8. The molecule has 0 spiro atoms. The minimum Gasteiger partial charge on any atom is -0.456 e. The van der Waals surface area contributed by atoms with Crippen LogP contribution in [-0.2, 0) is 0 Å². The zero-order chi connectivity index (χ0) is 34.9. The number of benzene rings is 10. The molecule has 0 amide bonds. The summed E-state index contributed by atoms with van der Waals surface area (Å²) in [5, 5.41) is 12.4. The third kappa shape index (κ3) is 4.79. The molecule has 1 aromatic heterocycles. The van der Waals surface area contributed by atoms with Gasteiger partial charge in [0.05, 0.1) is 0 Å². The summed E-state index contributed by atoms with van der Waals surface area (Å²) in [5.41, 5.74) is 11.6. The predicted octanol–water partition coefficient (Wildman–Crippen LogP) is 14.9. The van der Waals surface area contributed by atoms with Crippen LogP contribution in [0.15, 0.2) is 199 Å². The van der Waals surface area contributed by atoms with Gasteiger partial charge in [-0.2, -0.15) is 0 Å². The average molecular weight is 673 g/mol. The molecule has 0 radical (unpaired) electrons. The van der Waals surface area contributed by atoms with Crippen molar-refractivity contribution < 1.29 is 4.42 Å². The molecular formula is C52H32O. The zero-order valence-corrected chi connectivity index (χ0v) is 28.9. The normalized spacial score (nSPS) is 11.8. The zero-order valence-electron chi connectivity index (χ0n) is 28.9. The first-order valence-corrected chi connectivity index (χ1v) is 18.2. The first-order chi connectivity index (χ1) is 26.3. The van der Waals surface area contributed by atoms with Gasteiger partial charge in [-0.3, -0.25) is 0 Å². The van der Waals surface area contributed by atoms with Crippen molar-refractivity contribution in [3.8, 4) is 44.5 Å². The Bertz CT molecular complexity index is 3160. The Hall–Kier alpha value is -6.96. The summed E-state index contributed by atoms with van der Waals surface area (Å²) in [7, 11) is 0. The second-order valence-corrected chi connectivity index (χ2v) is 14.0. The maximum Gasteiger partial charge on any atom is 0.135 e. The highest BCUT2D eigenvalue weighted by molar-refractivity contribution is 6.21. The van der Waals surface area contributed by atoms with Gasteiger partial charge in [0.25, 0.3) is 0 Å². The van der Waals surface area contributed by atoms with Crippen LogP contribution in [0.1, 0.15) is 0 Å². The van der Waals surface area contributed by atoms with Crippen molar-refractivity contribution in [2.75, 3.05) is 0 Å². The molecule has 0 saturated heterocycles. The molecular weight excluding hydrogens is 641 g/mol. The van der Waals surface area contributed by atoms with Crippen molar-refractivity contribution in [3.63, 3.8) is 0 Å². The molecule has 10 aromatic carbocycles. The SMILES string of the molecule is c1cc(-c2ccc3ccc4ccccc4c3c2)cc(-c2c3ccccc3c(-c3ccc(-c4ccc5oc6ccccc6c5c4)cc3)c3ccccc23)c1. The number of para-hydroxylation sites is 1. The van der Waals surface area contributed by atoms with Gasteiger partial charge >= 0.3 is 0 Å². The standard InChI is InChI=1S/C52H32O/c1-2-13-41-34(10-1)22-23-35-24-27-39(31-47(35)41)37-11-9-12-40(30-37)52-45-17-5-3-15-43(45)51(44-16-4-6-18-46(44)52)36-25-20-33(21-26-36)38-28-29-50-48(32-38)42-14-7-8-19-49(42)53-50/h1-32H. The van der Waals surface area contributed by atoms with Crippen molar-refractivity contribution >= 4 is 65.0 Å². The van der Waals surface area contributed by atoms with Crippen LogP contribution in [0.5, 0.6) is 0 Å². The number of rotatable bonds is 4. The van der Waals surface area contributed by atoms with Crippen molar-refractivity contribution in [1.29, 1.82) is 0 Å². The van der Waals surface area contributed by atoms with E-state index in [9.17, 15) is 0 Å². The van der Waals surface area contributed by atoms with E-state index in [1.54, 1.807) is 0 Å². The van der Waals surface area contributed by atoms with Crippen LogP contribution in [-0.4, -0.2) is 0 Å². The molecule has 11 aromatic rings. The topological polar surface area (TPSA) is 13.1 Å². The fourth-order valence-corrected chi connectivity index (χ4v) is 8.52. The van der Waals surface area contributed by atoms with Crippen molar-refractivity contribution in [1.82, 2.24) is 0 Å². The molecule has 53 heavy (non-hydrogen) atoms. The van der Waals surface area contributed by atoms with Crippen LogP contribution >= 0.6 is 0 Å². The average Bonchev–Trinajstić information content (AvgIpc) is 3.61. The lowest BCUT2D eigenvalue weighted by atomic mass is 9.85. The van der Waals surface area contributed by atoms with Gasteiger partial charge in [-0.05, 0) is 118 Å². The number of hydrogen-bond donors (Lipinski definition) is 0. The highest BCUT2D eigenvalue weighted by Gasteiger charge is 2.17. The molecule has 0 saturated carbocycles. The van der Waals surface area contributed by atoms with E-state index >= 15 is 0 Å². The van der Waals surface area contributed by atoms with Crippen LogP contribution in [0.2, 0.25) is 0 Å². The lowest BCUT2D eigenvalue weighted by Crippen LogP contribution is -1.91. The monoisotopic (exact) mass is 672 g/mol. The first kappa shape index (κ1) is 29.7. The lowest BCUT2D eigenvalue weighted by molar-refractivity contribution is 0.669. The fraction of sp³-hybridized carbons (Fsp3) is 0. The van der Waals surface area contributed by atoms with Crippen LogP contribution in [0.4, 0.5) is 0 Å². The smallest absolute Gasteiger partial charge is 0.135 e. The highest BCUT2D eigenvalue weighted by Crippen LogP contribution is 2.45. The van der Waals surface area contributed by atoms with Crippen molar-refractivity contribution in [3.05, 3.63) is 194 Å². The highest BCUT2D eigenvalue weighted by atomic mass is 16.3. The second-order valence-electron chi connectivity index (χ2n) is 14.0. The van der Waals surface area contributed by atoms with Gasteiger partial charge in [0.1, 0.15) is 11.2 Å². The van der Waals surface area contributed by atoms with Crippen LogP contribution in [0.3, 0.4) is 0 Å². The van der Waals surface area contributed by atoms with E-state index in [-0.39, 0.29) is 0 Å². The van der Waals surface area contributed by atoms with Gasteiger partial charge in [0, 0.05) is 10.8 Å². The van der Waals surface area contributed by atoms with Crippen molar-refractivity contribution in [2.24, 2.45) is 0 Å². The first-order valence-electron chi connectivity index (χ1n) is 18.2. The molecule has 0 bridgehead atoms. The molecule has 0 unspecified atom stereocenters. The maximum absolute atomic E-state index is 6.10. The van der Waals surface area contributed by atoms with Gasteiger partial charge in [-0.15, -0.1) is 0 Å². The molecule has 1 nitrogen and oxygen atoms in total.